The summed E-state index contributed by atoms with van der Waals surface area (Å²) in [5.74, 6) is 0.959. The number of fused-ring (bicyclic) bond motifs is 1. The molecule has 1 aliphatic carbocycles. The van der Waals surface area contributed by atoms with Gasteiger partial charge >= 0.3 is 0 Å². The minimum absolute atomic E-state index is 0.234. The Kier molecular flexibility index (Phi) is 3.68. The molecule has 1 aliphatic rings. The molecule has 1 aromatic heterocycles. The van der Waals surface area contributed by atoms with Gasteiger partial charge < -0.3 is 4.74 Å². The summed E-state index contributed by atoms with van der Waals surface area (Å²) in [7, 11) is 1.74. The van der Waals surface area contributed by atoms with Crippen molar-refractivity contribution in [3.05, 3.63) is 50.7 Å². The molecule has 1 heterocycles. The van der Waals surface area contributed by atoms with Crippen molar-refractivity contribution in [3.63, 3.8) is 0 Å². The number of hydrogen-bond acceptors (Lipinski definition) is 2. The van der Waals surface area contributed by atoms with Crippen LogP contribution in [0, 0.1) is 6.92 Å². The maximum Gasteiger partial charge on any atom is 0.123 e. The van der Waals surface area contributed by atoms with E-state index in [-0.39, 0.29) is 4.83 Å². The van der Waals surface area contributed by atoms with Crippen molar-refractivity contribution in [1.29, 1.82) is 0 Å². The summed E-state index contributed by atoms with van der Waals surface area (Å²) in [4.78, 5) is 3.21. The topological polar surface area (TPSA) is 9.23 Å². The highest BCUT2D eigenvalue weighted by Crippen LogP contribution is 2.43. The van der Waals surface area contributed by atoms with Crippen LogP contribution in [0.25, 0.3) is 0 Å². The number of ether oxygens (including phenoxy) is 1. The highest BCUT2D eigenvalue weighted by atomic mass is 79.9. The Labute approximate surface area is 126 Å². The quantitative estimate of drug-likeness (QED) is 0.713. The lowest BCUT2D eigenvalue weighted by atomic mass is 10.1. The zero-order chi connectivity index (χ0) is 13.4. The van der Waals surface area contributed by atoms with Crippen molar-refractivity contribution in [2.45, 2.75) is 31.0 Å². The maximum atomic E-state index is 5.49. The summed E-state index contributed by atoms with van der Waals surface area (Å²) in [6.07, 6.45) is 3.82. The third-order valence-corrected chi connectivity index (χ3v) is 6.27. The number of methoxy groups -OCH3 is 1. The van der Waals surface area contributed by atoms with Gasteiger partial charge in [-0.25, -0.2) is 0 Å². The van der Waals surface area contributed by atoms with Gasteiger partial charge in [0.25, 0.3) is 0 Å². The lowest BCUT2D eigenvalue weighted by molar-refractivity contribution is 0.410. The van der Waals surface area contributed by atoms with Crippen molar-refractivity contribution in [2.75, 3.05) is 7.11 Å². The monoisotopic (exact) mass is 336 g/mol. The maximum absolute atomic E-state index is 5.49. The van der Waals surface area contributed by atoms with Crippen LogP contribution in [-0.2, 0) is 12.8 Å². The predicted molar refractivity (Wildman–Crippen MR) is 84.8 cm³/mol. The van der Waals surface area contributed by atoms with Gasteiger partial charge in [0, 0.05) is 15.3 Å². The molecular formula is C16H17BrOS. The van der Waals surface area contributed by atoms with Crippen molar-refractivity contribution >= 4 is 27.3 Å². The van der Waals surface area contributed by atoms with Gasteiger partial charge in [-0.2, -0.15) is 0 Å². The van der Waals surface area contributed by atoms with E-state index in [1.807, 2.05) is 11.3 Å². The lowest BCUT2D eigenvalue weighted by Crippen LogP contribution is -1.96. The van der Waals surface area contributed by atoms with Gasteiger partial charge in [-0.05, 0) is 43.9 Å². The molecule has 100 valence electrons. The van der Waals surface area contributed by atoms with Gasteiger partial charge in [0.1, 0.15) is 5.75 Å². The van der Waals surface area contributed by atoms with Gasteiger partial charge in [-0.15, -0.1) is 11.3 Å². The minimum Gasteiger partial charge on any atom is -0.496 e. The molecule has 0 saturated heterocycles. The lowest BCUT2D eigenvalue weighted by Gasteiger charge is -2.14. The molecule has 19 heavy (non-hydrogen) atoms. The van der Waals surface area contributed by atoms with Crippen LogP contribution in [0.2, 0.25) is 0 Å². The highest BCUT2D eigenvalue weighted by molar-refractivity contribution is 9.09. The van der Waals surface area contributed by atoms with E-state index in [0.29, 0.717) is 0 Å². The molecule has 0 radical (unpaired) electrons. The Morgan fingerprint density at radius 3 is 2.84 bits per heavy atom. The summed E-state index contributed by atoms with van der Waals surface area (Å²) < 4.78 is 5.49. The molecule has 1 atom stereocenters. The summed E-state index contributed by atoms with van der Waals surface area (Å²) in [6, 6.07) is 8.73. The van der Waals surface area contributed by atoms with E-state index in [1.165, 1.54) is 35.3 Å². The normalized spacial score (nSPS) is 15.3. The number of halogens is 1. The molecule has 1 nitrogen and oxygen atoms in total. The zero-order valence-corrected chi connectivity index (χ0v) is 13.6. The molecule has 2 aromatic rings. The van der Waals surface area contributed by atoms with Crippen LogP contribution in [-0.4, -0.2) is 7.11 Å². The largest absolute Gasteiger partial charge is 0.496 e. The Morgan fingerprint density at radius 1 is 1.26 bits per heavy atom. The summed E-state index contributed by atoms with van der Waals surface area (Å²) >= 11 is 5.80. The zero-order valence-electron chi connectivity index (χ0n) is 11.2. The second-order valence-electron chi connectivity index (χ2n) is 5.06. The van der Waals surface area contributed by atoms with E-state index in [0.717, 1.165) is 5.75 Å². The molecule has 3 rings (SSSR count). The first-order valence-electron chi connectivity index (χ1n) is 6.59. The average Bonchev–Trinajstić information content (AvgIpc) is 2.98. The first-order valence-corrected chi connectivity index (χ1v) is 8.32. The van der Waals surface area contributed by atoms with E-state index in [4.69, 9.17) is 4.74 Å². The van der Waals surface area contributed by atoms with E-state index in [2.05, 4.69) is 47.1 Å². The molecule has 0 saturated carbocycles. The Morgan fingerprint density at radius 2 is 2.11 bits per heavy atom. The van der Waals surface area contributed by atoms with Crippen LogP contribution in [0.1, 0.15) is 37.7 Å². The first kappa shape index (κ1) is 13.2. The van der Waals surface area contributed by atoms with Crippen molar-refractivity contribution in [2.24, 2.45) is 0 Å². The van der Waals surface area contributed by atoms with Crippen molar-refractivity contribution < 1.29 is 4.74 Å². The third kappa shape index (κ3) is 2.46. The minimum atomic E-state index is 0.234. The summed E-state index contributed by atoms with van der Waals surface area (Å²) in [5.41, 5.74) is 4.04. The van der Waals surface area contributed by atoms with Crippen LogP contribution in [0.3, 0.4) is 0 Å². The van der Waals surface area contributed by atoms with E-state index in [1.54, 1.807) is 17.6 Å². The smallest absolute Gasteiger partial charge is 0.123 e. The number of rotatable bonds is 3. The molecular weight excluding hydrogens is 320 g/mol. The molecule has 0 spiro atoms. The van der Waals surface area contributed by atoms with Gasteiger partial charge in [0.05, 0.1) is 11.9 Å². The summed E-state index contributed by atoms with van der Waals surface area (Å²) in [5, 5.41) is 0. The molecule has 3 heteroatoms. The van der Waals surface area contributed by atoms with Gasteiger partial charge in [-0.3, -0.25) is 0 Å². The van der Waals surface area contributed by atoms with Crippen LogP contribution < -0.4 is 4.74 Å². The number of benzene rings is 1. The Balaban J connectivity index is 1.98. The number of hydrogen-bond donors (Lipinski definition) is 0. The SMILES string of the molecule is COc1ccc(C)cc1C(Br)c1cc2c(s1)CCC2. The summed E-state index contributed by atoms with van der Waals surface area (Å²) in [6.45, 7) is 2.12. The van der Waals surface area contributed by atoms with Gasteiger partial charge in [0.15, 0.2) is 0 Å². The fourth-order valence-electron chi connectivity index (χ4n) is 2.68. The molecule has 1 unspecified atom stereocenters. The Hall–Kier alpha value is -0.800. The number of aryl methyl sites for hydroxylation is 3. The second-order valence-corrected chi connectivity index (χ2v) is 7.14. The standard InChI is InChI=1S/C16H17BrOS/c1-10-6-7-13(18-2)12(8-10)16(17)15-9-11-4-3-5-14(11)19-15/h6-9,16H,3-5H2,1-2H3. The van der Waals surface area contributed by atoms with E-state index >= 15 is 0 Å². The highest BCUT2D eigenvalue weighted by Gasteiger charge is 2.21. The van der Waals surface area contributed by atoms with Crippen molar-refractivity contribution in [1.82, 2.24) is 0 Å². The second kappa shape index (κ2) is 5.29. The van der Waals surface area contributed by atoms with Gasteiger partial charge in [-0.1, -0.05) is 33.6 Å². The van der Waals surface area contributed by atoms with Gasteiger partial charge in [0.2, 0.25) is 0 Å². The number of thiophene rings is 1. The van der Waals surface area contributed by atoms with Crippen LogP contribution in [0.15, 0.2) is 24.3 Å². The van der Waals surface area contributed by atoms with Crippen LogP contribution in [0.5, 0.6) is 5.75 Å². The fourth-order valence-corrected chi connectivity index (χ4v) is 4.71. The van der Waals surface area contributed by atoms with E-state index < -0.39 is 0 Å². The molecule has 1 aromatic carbocycles. The fraction of sp³-hybridized carbons (Fsp3) is 0.375. The molecule has 0 fully saturated rings. The van der Waals surface area contributed by atoms with Crippen LogP contribution in [0.4, 0.5) is 0 Å². The molecule has 0 N–H and O–H groups in total. The molecule has 0 amide bonds. The predicted octanol–water partition coefficient (Wildman–Crippen LogP) is 5.04. The third-order valence-electron chi connectivity index (χ3n) is 3.67. The van der Waals surface area contributed by atoms with Crippen LogP contribution >= 0.6 is 27.3 Å². The molecule has 0 aliphatic heterocycles. The Bertz CT molecular complexity index is 581. The molecule has 0 bridgehead atoms. The first-order chi connectivity index (χ1) is 9.19. The average molecular weight is 337 g/mol. The van der Waals surface area contributed by atoms with Crippen molar-refractivity contribution in [3.8, 4) is 5.75 Å². The number of alkyl halides is 1. The van der Waals surface area contributed by atoms with E-state index in [9.17, 15) is 0 Å².